The molecule has 104 valence electrons. The first-order valence-corrected chi connectivity index (χ1v) is 6.88. The summed E-state index contributed by atoms with van der Waals surface area (Å²) >= 11 is 0. The second-order valence-corrected chi connectivity index (χ2v) is 6.02. The second kappa shape index (κ2) is 5.24. The van der Waals surface area contributed by atoms with Crippen molar-refractivity contribution < 1.29 is 9.53 Å². The van der Waals surface area contributed by atoms with Crippen molar-refractivity contribution in [3.8, 4) is 0 Å². The molecule has 1 aliphatic heterocycles. The highest BCUT2D eigenvalue weighted by atomic mass is 16.5. The van der Waals surface area contributed by atoms with Crippen LogP contribution in [0.5, 0.6) is 0 Å². The Kier molecular flexibility index (Phi) is 3.83. The zero-order chi connectivity index (χ0) is 14.0. The molecular weight excluding hydrogens is 238 g/mol. The number of fused-ring (bicyclic) bond motifs is 1. The van der Waals surface area contributed by atoms with Crippen molar-refractivity contribution in [1.82, 2.24) is 0 Å². The number of carbonyl (C=O) groups excluding carboxylic acids is 1. The molecule has 1 aliphatic rings. The number of rotatable bonds is 3. The molecule has 0 aromatic heterocycles. The van der Waals surface area contributed by atoms with E-state index in [1.165, 1.54) is 18.4 Å². The standard InChI is InChI=1S/C16H23NO2/c1-12-9-10-13-7-5-6-8-14(13)17(12)11-16(2,3)15(18)19-4/h5-8,12H,9-11H2,1-4H3. The van der Waals surface area contributed by atoms with Crippen molar-refractivity contribution in [2.45, 2.75) is 39.7 Å². The Morgan fingerprint density at radius 2 is 2.11 bits per heavy atom. The highest BCUT2D eigenvalue weighted by Gasteiger charge is 2.34. The summed E-state index contributed by atoms with van der Waals surface area (Å²) in [5.41, 5.74) is 2.15. The van der Waals surface area contributed by atoms with Crippen molar-refractivity contribution in [3.05, 3.63) is 29.8 Å². The van der Waals surface area contributed by atoms with Crippen LogP contribution in [0.15, 0.2) is 24.3 Å². The summed E-state index contributed by atoms with van der Waals surface area (Å²) < 4.78 is 4.91. The number of benzene rings is 1. The lowest BCUT2D eigenvalue weighted by Gasteiger charge is -2.40. The van der Waals surface area contributed by atoms with E-state index in [9.17, 15) is 4.79 Å². The number of aryl methyl sites for hydroxylation is 1. The van der Waals surface area contributed by atoms with Gasteiger partial charge >= 0.3 is 5.97 Å². The molecule has 0 saturated carbocycles. The molecule has 19 heavy (non-hydrogen) atoms. The minimum Gasteiger partial charge on any atom is -0.469 e. The Morgan fingerprint density at radius 1 is 1.42 bits per heavy atom. The van der Waals surface area contributed by atoms with Crippen LogP contribution in [-0.2, 0) is 16.0 Å². The summed E-state index contributed by atoms with van der Waals surface area (Å²) in [6, 6.07) is 8.93. The molecule has 0 N–H and O–H groups in total. The van der Waals surface area contributed by atoms with E-state index >= 15 is 0 Å². The smallest absolute Gasteiger partial charge is 0.313 e. The molecule has 1 aromatic carbocycles. The predicted octanol–water partition coefficient (Wildman–Crippen LogP) is 3.03. The van der Waals surface area contributed by atoms with Crippen molar-refractivity contribution in [3.63, 3.8) is 0 Å². The molecule has 0 bridgehead atoms. The quantitative estimate of drug-likeness (QED) is 0.783. The van der Waals surface area contributed by atoms with Crippen LogP contribution in [-0.4, -0.2) is 25.7 Å². The van der Waals surface area contributed by atoms with Crippen LogP contribution in [0.3, 0.4) is 0 Å². The molecule has 0 spiro atoms. The van der Waals surface area contributed by atoms with E-state index < -0.39 is 5.41 Å². The van der Waals surface area contributed by atoms with Crippen molar-refractivity contribution in [1.29, 1.82) is 0 Å². The molecule has 0 amide bonds. The maximum absolute atomic E-state index is 11.9. The number of hydrogen-bond acceptors (Lipinski definition) is 3. The first-order chi connectivity index (χ1) is 8.95. The monoisotopic (exact) mass is 261 g/mol. The fraction of sp³-hybridized carbons (Fsp3) is 0.562. The molecule has 0 aliphatic carbocycles. The number of nitrogens with zero attached hydrogens (tertiary/aromatic N) is 1. The van der Waals surface area contributed by atoms with Gasteiger partial charge in [-0.1, -0.05) is 18.2 Å². The molecule has 0 saturated heterocycles. The van der Waals surface area contributed by atoms with Crippen molar-refractivity contribution in [2.75, 3.05) is 18.6 Å². The van der Waals surface area contributed by atoms with E-state index in [-0.39, 0.29) is 5.97 Å². The SMILES string of the molecule is COC(=O)C(C)(C)CN1c2ccccc2CCC1C. The van der Waals surface area contributed by atoms with Crippen LogP contribution in [0.1, 0.15) is 32.8 Å². The molecule has 0 radical (unpaired) electrons. The summed E-state index contributed by atoms with van der Waals surface area (Å²) in [4.78, 5) is 14.2. The lowest BCUT2D eigenvalue weighted by atomic mass is 9.89. The van der Waals surface area contributed by atoms with Crippen molar-refractivity contribution in [2.24, 2.45) is 5.41 Å². The average molecular weight is 261 g/mol. The Hall–Kier alpha value is -1.51. The van der Waals surface area contributed by atoms with E-state index in [4.69, 9.17) is 4.74 Å². The fourth-order valence-corrected chi connectivity index (χ4v) is 2.77. The highest BCUT2D eigenvalue weighted by molar-refractivity contribution is 5.77. The minimum absolute atomic E-state index is 0.150. The Bertz CT molecular complexity index is 468. The Balaban J connectivity index is 2.27. The number of ether oxygens (including phenoxy) is 1. The zero-order valence-corrected chi connectivity index (χ0v) is 12.3. The number of anilines is 1. The van der Waals surface area contributed by atoms with Gasteiger partial charge in [0.2, 0.25) is 0 Å². The lowest BCUT2D eigenvalue weighted by molar-refractivity contribution is -0.150. The minimum atomic E-state index is -0.493. The van der Waals surface area contributed by atoms with Gasteiger partial charge in [-0.15, -0.1) is 0 Å². The van der Waals surface area contributed by atoms with Gasteiger partial charge in [0.15, 0.2) is 0 Å². The second-order valence-electron chi connectivity index (χ2n) is 6.02. The van der Waals surface area contributed by atoms with E-state index in [0.29, 0.717) is 12.6 Å². The van der Waals surface area contributed by atoms with E-state index in [2.05, 4.69) is 36.1 Å². The summed E-state index contributed by atoms with van der Waals surface area (Å²) in [6.07, 6.45) is 2.25. The number of hydrogen-bond donors (Lipinski definition) is 0. The van der Waals surface area contributed by atoms with Gasteiger partial charge in [0.05, 0.1) is 12.5 Å². The Morgan fingerprint density at radius 3 is 2.79 bits per heavy atom. The molecule has 3 heteroatoms. The number of para-hydroxylation sites is 1. The summed E-state index contributed by atoms with van der Waals surface area (Å²) in [6.45, 7) is 6.81. The first-order valence-electron chi connectivity index (χ1n) is 6.88. The lowest BCUT2D eigenvalue weighted by Crippen LogP contribution is -2.46. The largest absolute Gasteiger partial charge is 0.469 e. The van der Waals surface area contributed by atoms with E-state index in [1.54, 1.807) is 0 Å². The highest BCUT2D eigenvalue weighted by Crippen LogP contribution is 2.33. The number of methoxy groups -OCH3 is 1. The third-order valence-corrected chi connectivity index (χ3v) is 3.97. The average Bonchev–Trinajstić information content (AvgIpc) is 2.41. The molecule has 1 heterocycles. The molecule has 2 rings (SSSR count). The summed E-state index contributed by atoms with van der Waals surface area (Å²) in [5, 5.41) is 0. The van der Waals surface area contributed by atoms with E-state index in [1.807, 2.05) is 13.8 Å². The van der Waals surface area contributed by atoms with Crippen LogP contribution in [0.25, 0.3) is 0 Å². The van der Waals surface area contributed by atoms with Gasteiger partial charge in [0.25, 0.3) is 0 Å². The van der Waals surface area contributed by atoms with Gasteiger partial charge in [-0.05, 0) is 45.2 Å². The van der Waals surface area contributed by atoms with Gasteiger partial charge in [0, 0.05) is 18.3 Å². The van der Waals surface area contributed by atoms with Gasteiger partial charge in [0.1, 0.15) is 0 Å². The van der Waals surface area contributed by atoms with E-state index in [0.717, 1.165) is 12.8 Å². The molecule has 0 fully saturated rings. The van der Waals surface area contributed by atoms with Crippen molar-refractivity contribution >= 4 is 11.7 Å². The molecule has 1 unspecified atom stereocenters. The molecule has 1 atom stereocenters. The third kappa shape index (κ3) is 2.75. The predicted molar refractivity (Wildman–Crippen MR) is 77.4 cm³/mol. The van der Waals surface area contributed by atoms with Crippen LogP contribution in [0.4, 0.5) is 5.69 Å². The van der Waals surface area contributed by atoms with Crippen LogP contribution in [0.2, 0.25) is 0 Å². The maximum Gasteiger partial charge on any atom is 0.313 e. The van der Waals surface area contributed by atoms with Crippen LogP contribution in [0, 0.1) is 5.41 Å². The normalized spacial score (nSPS) is 18.9. The summed E-state index contributed by atoms with van der Waals surface area (Å²) in [5.74, 6) is -0.150. The van der Waals surface area contributed by atoms with Crippen LogP contribution < -0.4 is 4.90 Å². The van der Waals surface area contributed by atoms with Gasteiger partial charge in [-0.3, -0.25) is 4.79 Å². The van der Waals surface area contributed by atoms with Gasteiger partial charge in [-0.25, -0.2) is 0 Å². The fourth-order valence-electron chi connectivity index (χ4n) is 2.77. The molecule has 1 aromatic rings. The van der Waals surface area contributed by atoms with Crippen LogP contribution >= 0.6 is 0 Å². The molecule has 3 nitrogen and oxygen atoms in total. The number of esters is 1. The topological polar surface area (TPSA) is 29.5 Å². The third-order valence-electron chi connectivity index (χ3n) is 3.97. The van der Waals surface area contributed by atoms with Gasteiger partial charge in [-0.2, -0.15) is 0 Å². The number of carbonyl (C=O) groups is 1. The maximum atomic E-state index is 11.9. The first kappa shape index (κ1) is 13.9. The summed E-state index contributed by atoms with van der Waals surface area (Å²) in [7, 11) is 1.46. The zero-order valence-electron chi connectivity index (χ0n) is 12.3. The molecular formula is C16H23NO2. The van der Waals surface area contributed by atoms with Gasteiger partial charge < -0.3 is 9.64 Å². The Labute approximate surface area is 115 Å².